The summed E-state index contributed by atoms with van der Waals surface area (Å²) in [4.78, 5) is 12.3. The molecule has 0 spiro atoms. The van der Waals surface area contributed by atoms with E-state index in [9.17, 15) is 4.79 Å². The number of rotatable bonds is 6. The van der Waals surface area contributed by atoms with Crippen LogP contribution >= 0.6 is 0 Å². The molecule has 0 fully saturated rings. The lowest BCUT2D eigenvalue weighted by Gasteiger charge is -2.18. The lowest BCUT2D eigenvalue weighted by Crippen LogP contribution is -2.24. The lowest BCUT2D eigenvalue weighted by molar-refractivity contribution is 0.307. The first-order chi connectivity index (χ1) is 12.2. The molecule has 0 amide bonds. The molecule has 2 aromatic rings. The van der Waals surface area contributed by atoms with Crippen molar-refractivity contribution in [3.05, 3.63) is 40.0 Å². The molecular formula is C18H28N6O2. The minimum atomic E-state index is -0.278. The molecule has 142 valence electrons. The van der Waals surface area contributed by atoms with E-state index >= 15 is 0 Å². The summed E-state index contributed by atoms with van der Waals surface area (Å²) in [6.45, 7) is 12.5. The van der Waals surface area contributed by atoms with E-state index in [1.54, 1.807) is 7.05 Å². The van der Waals surface area contributed by atoms with Gasteiger partial charge in [0.15, 0.2) is 0 Å². The summed E-state index contributed by atoms with van der Waals surface area (Å²) < 4.78 is 10.3. The maximum Gasteiger partial charge on any atom is 0.367 e. The van der Waals surface area contributed by atoms with Gasteiger partial charge < -0.3 is 4.74 Å². The zero-order chi connectivity index (χ0) is 19.5. The third kappa shape index (κ3) is 4.12. The van der Waals surface area contributed by atoms with Crippen LogP contribution in [0.2, 0.25) is 0 Å². The van der Waals surface area contributed by atoms with Gasteiger partial charge in [0.25, 0.3) is 0 Å². The Hall–Kier alpha value is -2.64. The van der Waals surface area contributed by atoms with Crippen LogP contribution in [0.25, 0.3) is 5.70 Å². The fraction of sp³-hybridized carbons (Fsp3) is 0.556. The van der Waals surface area contributed by atoms with Crippen molar-refractivity contribution in [1.29, 1.82) is 0 Å². The monoisotopic (exact) mass is 360 g/mol. The summed E-state index contributed by atoms with van der Waals surface area (Å²) in [7, 11) is 1.58. The van der Waals surface area contributed by atoms with E-state index in [1.165, 1.54) is 9.36 Å². The highest BCUT2D eigenvalue weighted by Crippen LogP contribution is 2.22. The van der Waals surface area contributed by atoms with Crippen molar-refractivity contribution in [3.63, 3.8) is 0 Å². The number of hydrogen-bond donors (Lipinski definition) is 0. The Labute approximate surface area is 153 Å². The zero-order valence-electron chi connectivity index (χ0n) is 16.6. The van der Waals surface area contributed by atoms with Crippen molar-refractivity contribution < 1.29 is 4.74 Å². The first kappa shape index (κ1) is 19.7. The standard InChI is InChI=1S/C18H28N6O2/c1-8-13(3)14(15(9-2)24-17(25)22(7)20-21-24)12-26-16-10-11-23(19-16)18(4,5)6/h8,10-11H,9,12H2,1-7H3. The summed E-state index contributed by atoms with van der Waals surface area (Å²) in [5, 5.41) is 12.3. The Morgan fingerprint density at radius 2 is 2.00 bits per heavy atom. The van der Waals surface area contributed by atoms with Crippen LogP contribution in [0.5, 0.6) is 5.88 Å². The van der Waals surface area contributed by atoms with Crippen LogP contribution in [0.4, 0.5) is 0 Å². The SMILES string of the molecule is CC=C(C)C(COc1ccn(C(C)(C)C)n1)=C(CC)n1nnn(C)c1=O. The van der Waals surface area contributed by atoms with Gasteiger partial charge in [-0.1, -0.05) is 13.0 Å². The third-order valence-electron chi connectivity index (χ3n) is 4.19. The van der Waals surface area contributed by atoms with Crippen LogP contribution < -0.4 is 10.4 Å². The summed E-state index contributed by atoms with van der Waals surface area (Å²) >= 11 is 0. The molecule has 2 heterocycles. The van der Waals surface area contributed by atoms with Crippen LogP contribution in [0.3, 0.4) is 0 Å². The smallest absolute Gasteiger partial charge is 0.367 e. The van der Waals surface area contributed by atoms with Gasteiger partial charge in [0.05, 0.1) is 11.2 Å². The molecular weight excluding hydrogens is 332 g/mol. The van der Waals surface area contributed by atoms with E-state index in [2.05, 4.69) is 36.3 Å². The van der Waals surface area contributed by atoms with Crippen molar-refractivity contribution in [2.75, 3.05) is 6.61 Å². The number of allylic oxidation sites excluding steroid dienone is 2. The highest BCUT2D eigenvalue weighted by Gasteiger charge is 2.17. The quantitative estimate of drug-likeness (QED) is 0.740. The lowest BCUT2D eigenvalue weighted by atomic mass is 10.0. The largest absolute Gasteiger partial charge is 0.472 e. The molecule has 26 heavy (non-hydrogen) atoms. The molecule has 0 unspecified atom stereocenters. The number of hydrogen-bond acceptors (Lipinski definition) is 5. The van der Waals surface area contributed by atoms with Gasteiger partial charge in [-0.15, -0.1) is 5.10 Å². The van der Waals surface area contributed by atoms with Gasteiger partial charge in [-0.2, -0.15) is 9.36 Å². The summed E-state index contributed by atoms with van der Waals surface area (Å²) in [6.07, 6.45) is 4.51. The summed E-state index contributed by atoms with van der Waals surface area (Å²) in [5.74, 6) is 0.545. The molecule has 0 bridgehead atoms. The van der Waals surface area contributed by atoms with Crippen molar-refractivity contribution in [2.24, 2.45) is 7.05 Å². The van der Waals surface area contributed by atoms with E-state index in [-0.39, 0.29) is 11.2 Å². The molecule has 8 heteroatoms. The second-order valence-corrected chi connectivity index (χ2v) is 7.11. The summed E-state index contributed by atoms with van der Waals surface area (Å²) in [6, 6.07) is 1.84. The molecule has 0 atom stereocenters. The first-order valence-electron chi connectivity index (χ1n) is 8.72. The van der Waals surface area contributed by atoms with Gasteiger partial charge in [-0.05, 0) is 57.0 Å². The second kappa shape index (κ2) is 7.72. The van der Waals surface area contributed by atoms with Gasteiger partial charge in [0, 0.05) is 24.9 Å². The van der Waals surface area contributed by atoms with Gasteiger partial charge >= 0.3 is 5.69 Å². The minimum absolute atomic E-state index is 0.110. The molecule has 0 aliphatic carbocycles. The molecule has 0 aliphatic rings. The van der Waals surface area contributed by atoms with Gasteiger partial charge in [0.1, 0.15) is 6.61 Å². The van der Waals surface area contributed by atoms with E-state index in [0.29, 0.717) is 18.9 Å². The van der Waals surface area contributed by atoms with E-state index < -0.39 is 0 Å². The predicted molar refractivity (Wildman–Crippen MR) is 101 cm³/mol. The predicted octanol–water partition coefficient (Wildman–Crippen LogP) is 2.59. The molecule has 0 radical (unpaired) electrons. The van der Waals surface area contributed by atoms with Crippen LogP contribution in [0.1, 0.15) is 48.0 Å². The number of tetrazole rings is 1. The number of aromatic nitrogens is 6. The van der Waals surface area contributed by atoms with E-state index in [0.717, 1.165) is 16.8 Å². The molecule has 0 saturated carbocycles. The Bertz CT molecular complexity index is 876. The van der Waals surface area contributed by atoms with Crippen molar-refractivity contribution >= 4 is 5.70 Å². The molecule has 0 aromatic carbocycles. The van der Waals surface area contributed by atoms with Crippen LogP contribution in [0.15, 0.2) is 34.3 Å². The van der Waals surface area contributed by atoms with Crippen LogP contribution in [-0.2, 0) is 12.6 Å². The molecule has 2 aromatic heterocycles. The maximum atomic E-state index is 12.3. The normalized spacial score (nSPS) is 13.7. The van der Waals surface area contributed by atoms with Gasteiger partial charge in [0.2, 0.25) is 5.88 Å². The third-order valence-corrected chi connectivity index (χ3v) is 4.19. The van der Waals surface area contributed by atoms with Crippen LogP contribution in [0, 0.1) is 0 Å². The molecule has 8 nitrogen and oxygen atoms in total. The van der Waals surface area contributed by atoms with Gasteiger partial charge in [-0.25, -0.2) is 4.79 Å². The van der Waals surface area contributed by atoms with Crippen molar-refractivity contribution in [1.82, 2.24) is 29.6 Å². The minimum Gasteiger partial charge on any atom is -0.472 e. The van der Waals surface area contributed by atoms with Crippen molar-refractivity contribution in [2.45, 2.75) is 53.5 Å². The first-order valence-corrected chi connectivity index (χ1v) is 8.72. The van der Waals surface area contributed by atoms with Gasteiger partial charge in [-0.3, -0.25) is 4.68 Å². The van der Waals surface area contributed by atoms with Crippen LogP contribution in [-0.4, -0.2) is 36.2 Å². The Balaban J connectivity index is 2.37. The number of ether oxygens (including phenoxy) is 1. The highest BCUT2D eigenvalue weighted by molar-refractivity contribution is 5.56. The Morgan fingerprint density at radius 3 is 2.46 bits per heavy atom. The maximum absolute atomic E-state index is 12.3. The topological polar surface area (TPSA) is 79.8 Å². The molecule has 0 aliphatic heterocycles. The van der Waals surface area contributed by atoms with E-state index in [1.807, 2.05) is 43.8 Å². The average molecular weight is 360 g/mol. The van der Waals surface area contributed by atoms with Crippen molar-refractivity contribution in [3.8, 4) is 5.88 Å². The Kier molecular flexibility index (Phi) is 5.84. The summed E-state index contributed by atoms with van der Waals surface area (Å²) in [5.41, 5.74) is 2.31. The second-order valence-electron chi connectivity index (χ2n) is 7.11. The number of nitrogens with zero attached hydrogens (tertiary/aromatic N) is 6. The fourth-order valence-electron chi connectivity index (χ4n) is 2.48. The fourth-order valence-corrected chi connectivity index (χ4v) is 2.48. The highest BCUT2D eigenvalue weighted by atomic mass is 16.5. The number of aryl methyl sites for hydroxylation is 1. The molecule has 2 rings (SSSR count). The molecule has 0 saturated heterocycles. The Morgan fingerprint density at radius 1 is 1.31 bits per heavy atom. The molecule has 0 N–H and O–H groups in total. The zero-order valence-corrected chi connectivity index (χ0v) is 16.6. The van der Waals surface area contributed by atoms with E-state index in [4.69, 9.17) is 4.74 Å². The average Bonchev–Trinajstić information content (AvgIpc) is 3.19.